The second kappa shape index (κ2) is 14.1. The first kappa shape index (κ1) is 33.7. The Labute approximate surface area is 252 Å². The number of aryl methyl sites for hydroxylation is 1. The van der Waals surface area contributed by atoms with Gasteiger partial charge in [-0.2, -0.15) is 0 Å². The number of aromatic nitrogens is 1. The molecule has 3 rings (SSSR count). The molecule has 44 heavy (non-hydrogen) atoms. The Bertz CT molecular complexity index is 1530. The van der Waals surface area contributed by atoms with Crippen molar-refractivity contribution < 1.29 is 41.8 Å². The predicted octanol–water partition coefficient (Wildman–Crippen LogP) is 4.89. The lowest BCUT2D eigenvalue weighted by Gasteiger charge is -2.24. The number of carbonyl (C=O) groups is 3. The van der Waals surface area contributed by atoms with Crippen molar-refractivity contribution in [3.05, 3.63) is 93.4 Å². The Morgan fingerprint density at radius 2 is 1.50 bits per heavy atom. The number of esters is 1. The second-order valence-corrected chi connectivity index (χ2v) is 11.0. The zero-order valence-corrected chi connectivity index (χ0v) is 24.9. The molecule has 0 bridgehead atoms. The number of nitrogens with zero attached hydrogens (tertiary/aromatic N) is 1. The number of hydrogen-bond acceptors (Lipinski definition) is 7. The molecule has 1 heterocycles. The zero-order chi connectivity index (χ0) is 32.7. The van der Waals surface area contributed by atoms with Crippen molar-refractivity contribution in [3.8, 4) is 5.75 Å². The van der Waals surface area contributed by atoms with Crippen molar-refractivity contribution in [2.45, 2.75) is 65.1 Å². The maximum absolute atomic E-state index is 13.5. The summed E-state index contributed by atoms with van der Waals surface area (Å²) >= 11 is 0. The summed E-state index contributed by atoms with van der Waals surface area (Å²) in [4.78, 5) is 51.0. The number of rotatable bonds is 10. The number of alkyl halides is 3. The van der Waals surface area contributed by atoms with Crippen LogP contribution in [0.4, 0.5) is 23.7 Å². The number of alkyl carbamates (subject to hydrolysis) is 1. The fourth-order valence-electron chi connectivity index (χ4n) is 4.07. The lowest BCUT2D eigenvalue weighted by Crippen LogP contribution is -2.47. The largest absolute Gasteiger partial charge is 0.573 e. The van der Waals surface area contributed by atoms with E-state index in [1.165, 1.54) is 30.0 Å². The third kappa shape index (κ3) is 10.5. The number of nitrogens with one attached hydrogen (secondary N) is 2. The van der Waals surface area contributed by atoms with Crippen molar-refractivity contribution >= 4 is 23.7 Å². The van der Waals surface area contributed by atoms with Crippen LogP contribution in [0.2, 0.25) is 0 Å². The SMILES string of the molecule is COC(=O)Cc1ccc(C[C@H](NC(=O)OC(C)(C)C)C(=O)Nc2c(C)ccn(Cc3ccc(OC(F)(F)F)cc3)c2=O)cc1. The fourth-order valence-corrected chi connectivity index (χ4v) is 4.07. The van der Waals surface area contributed by atoms with Gasteiger partial charge < -0.3 is 29.4 Å². The number of ether oxygens (including phenoxy) is 3. The van der Waals surface area contributed by atoms with E-state index in [9.17, 15) is 32.3 Å². The zero-order valence-electron chi connectivity index (χ0n) is 24.9. The molecule has 0 saturated heterocycles. The highest BCUT2D eigenvalue weighted by atomic mass is 19.4. The molecule has 3 aromatic rings. The van der Waals surface area contributed by atoms with E-state index in [-0.39, 0.29) is 25.1 Å². The lowest BCUT2D eigenvalue weighted by molar-refractivity contribution is -0.274. The molecule has 236 valence electrons. The molecular formula is C31H34F3N3O7. The summed E-state index contributed by atoms with van der Waals surface area (Å²) in [5.41, 5.74) is 0.914. The number of benzene rings is 2. The summed E-state index contributed by atoms with van der Waals surface area (Å²) in [6.45, 7) is 6.66. The first-order chi connectivity index (χ1) is 20.5. The summed E-state index contributed by atoms with van der Waals surface area (Å²) in [5, 5.41) is 5.19. The predicted molar refractivity (Wildman–Crippen MR) is 155 cm³/mol. The van der Waals surface area contributed by atoms with Crippen LogP contribution in [0.3, 0.4) is 0 Å². The van der Waals surface area contributed by atoms with Crippen LogP contribution >= 0.6 is 0 Å². The topological polar surface area (TPSA) is 125 Å². The molecule has 0 radical (unpaired) electrons. The Hall–Kier alpha value is -4.81. The molecule has 0 aliphatic heterocycles. The molecule has 0 spiro atoms. The van der Waals surface area contributed by atoms with E-state index in [1.54, 1.807) is 58.0 Å². The molecule has 0 unspecified atom stereocenters. The van der Waals surface area contributed by atoms with Crippen molar-refractivity contribution in [2.75, 3.05) is 12.4 Å². The van der Waals surface area contributed by atoms with Gasteiger partial charge in [-0.1, -0.05) is 36.4 Å². The molecule has 0 fully saturated rings. The first-order valence-corrected chi connectivity index (χ1v) is 13.5. The van der Waals surface area contributed by atoms with Crippen molar-refractivity contribution in [1.29, 1.82) is 0 Å². The molecule has 1 aromatic heterocycles. The van der Waals surface area contributed by atoms with Crippen molar-refractivity contribution in [1.82, 2.24) is 9.88 Å². The number of pyridine rings is 1. The van der Waals surface area contributed by atoms with Crippen LogP contribution in [-0.2, 0) is 38.4 Å². The van der Waals surface area contributed by atoms with Crippen molar-refractivity contribution in [3.63, 3.8) is 0 Å². The van der Waals surface area contributed by atoms with E-state index in [2.05, 4.69) is 20.1 Å². The van der Waals surface area contributed by atoms with Crippen LogP contribution in [0.5, 0.6) is 5.75 Å². The van der Waals surface area contributed by atoms with Gasteiger partial charge in [0.25, 0.3) is 5.56 Å². The minimum atomic E-state index is -4.83. The molecule has 0 aliphatic carbocycles. The average Bonchev–Trinajstić information content (AvgIpc) is 2.92. The minimum Gasteiger partial charge on any atom is -0.469 e. The third-order valence-corrected chi connectivity index (χ3v) is 6.18. The number of hydrogen-bond donors (Lipinski definition) is 2. The maximum Gasteiger partial charge on any atom is 0.573 e. The van der Waals surface area contributed by atoms with Gasteiger partial charge >= 0.3 is 18.4 Å². The number of anilines is 1. The maximum atomic E-state index is 13.5. The van der Waals surface area contributed by atoms with Crippen LogP contribution in [-0.4, -0.2) is 47.7 Å². The average molecular weight is 618 g/mol. The smallest absolute Gasteiger partial charge is 0.469 e. The van der Waals surface area contributed by atoms with Gasteiger partial charge in [-0.05, 0) is 68.1 Å². The van der Waals surface area contributed by atoms with Gasteiger partial charge in [0.15, 0.2) is 0 Å². The van der Waals surface area contributed by atoms with E-state index in [0.29, 0.717) is 22.3 Å². The Balaban J connectivity index is 1.82. The second-order valence-electron chi connectivity index (χ2n) is 11.0. The van der Waals surface area contributed by atoms with E-state index in [0.717, 1.165) is 12.1 Å². The molecule has 0 aliphatic rings. The Morgan fingerprint density at radius 1 is 0.909 bits per heavy atom. The van der Waals surface area contributed by atoms with Gasteiger partial charge in [-0.3, -0.25) is 14.4 Å². The summed E-state index contributed by atoms with van der Waals surface area (Å²) in [6.07, 6.45) is -4.05. The highest BCUT2D eigenvalue weighted by Crippen LogP contribution is 2.23. The van der Waals surface area contributed by atoms with E-state index < -0.39 is 47.3 Å². The minimum absolute atomic E-state index is 0.00575. The van der Waals surface area contributed by atoms with Gasteiger partial charge in [0.1, 0.15) is 23.1 Å². The number of carbonyl (C=O) groups excluding carboxylic acids is 3. The van der Waals surface area contributed by atoms with Gasteiger partial charge in [-0.25, -0.2) is 4.79 Å². The normalized spacial score (nSPS) is 12.2. The molecule has 13 heteroatoms. The molecular weight excluding hydrogens is 583 g/mol. The first-order valence-electron chi connectivity index (χ1n) is 13.5. The van der Waals surface area contributed by atoms with Gasteiger partial charge in [0.2, 0.25) is 5.91 Å². The highest BCUT2D eigenvalue weighted by molar-refractivity contribution is 5.97. The van der Waals surface area contributed by atoms with Crippen LogP contribution in [0.25, 0.3) is 0 Å². The molecule has 2 aromatic carbocycles. The molecule has 2 N–H and O–H groups in total. The van der Waals surface area contributed by atoms with Gasteiger partial charge in [-0.15, -0.1) is 13.2 Å². The van der Waals surface area contributed by atoms with Gasteiger partial charge in [0, 0.05) is 12.6 Å². The number of halogens is 3. The van der Waals surface area contributed by atoms with Gasteiger partial charge in [0.05, 0.1) is 20.1 Å². The number of methoxy groups -OCH3 is 1. The fraction of sp³-hybridized carbons (Fsp3) is 0.355. The quantitative estimate of drug-likeness (QED) is 0.310. The number of amides is 2. The summed E-state index contributed by atoms with van der Waals surface area (Å²) < 4.78 is 52.6. The molecule has 0 saturated carbocycles. The van der Waals surface area contributed by atoms with Crippen LogP contribution in [0, 0.1) is 6.92 Å². The highest BCUT2D eigenvalue weighted by Gasteiger charge is 2.31. The van der Waals surface area contributed by atoms with Crippen molar-refractivity contribution in [2.24, 2.45) is 0 Å². The monoisotopic (exact) mass is 617 g/mol. The summed E-state index contributed by atoms with van der Waals surface area (Å²) in [5.74, 6) is -1.48. The molecule has 2 amide bonds. The van der Waals surface area contributed by atoms with Crippen LogP contribution in [0.15, 0.2) is 65.6 Å². The lowest BCUT2D eigenvalue weighted by atomic mass is 10.0. The third-order valence-electron chi connectivity index (χ3n) is 6.18. The molecule has 10 nitrogen and oxygen atoms in total. The van der Waals surface area contributed by atoms with Crippen LogP contribution in [0.1, 0.15) is 43.0 Å². The van der Waals surface area contributed by atoms with Crippen LogP contribution < -0.4 is 20.9 Å². The summed E-state index contributed by atoms with van der Waals surface area (Å²) in [6, 6.07) is 12.3. The summed E-state index contributed by atoms with van der Waals surface area (Å²) in [7, 11) is 1.29. The Kier molecular flexibility index (Phi) is 10.8. The molecule has 1 atom stereocenters. The van der Waals surface area contributed by atoms with E-state index in [4.69, 9.17) is 4.74 Å². The van der Waals surface area contributed by atoms with E-state index >= 15 is 0 Å². The Morgan fingerprint density at radius 3 is 2.07 bits per heavy atom. The standard InChI is InChI=1S/C31H34F3N3O7/c1-19-14-15-37(18-22-10-12-23(13-11-22)43-31(32,33)34)28(40)26(19)36-27(39)24(35-29(41)44-30(2,3)4)16-20-6-8-21(9-7-20)17-25(38)42-5/h6-15,24H,16-18H2,1-5H3,(H,35,41)(H,36,39)/t24-/m0/s1. The van der Waals surface area contributed by atoms with E-state index in [1.807, 2.05) is 0 Å².